The van der Waals surface area contributed by atoms with Crippen molar-refractivity contribution in [2.75, 3.05) is 46.4 Å². The summed E-state index contributed by atoms with van der Waals surface area (Å²) in [6.07, 6.45) is 0.850. The molecule has 3 N–H and O–H groups in total. The third-order valence-corrected chi connectivity index (χ3v) is 2.87. The second-order valence-electron chi connectivity index (χ2n) is 5.37. The molecule has 0 aliphatic carbocycles. The zero-order valence-electron chi connectivity index (χ0n) is 12.3. The van der Waals surface area contributed by atoms with Crippen LogP contribution >= 0.6 is 0 Å². The van der Waals surface area contributed by atoms with Crippen molar-refractivity contribution in [1.82, 2.24) is 10.2 Å². The summed E-state index contributed by atoms with van der Waals surface area (Å²) >= 11 is 0. The Hall–Kier alpha value is -0.650. The molecule has 0 bridgehead atoms. The summed E-state index contributed by atoms with van der Waals surface area (Å²) in [5, 5.41) is 2.89. The van der Waals surface area contributed by atoms with Crippen LogP contribution in [-0.4, -0.2) is 57.2 Å². The van der Waals surface area contributed by atoms with Gasteiger partial charge in [-0.15, -0.1) is 0 Å². The fourth-order valence-corrected chi connectivity index (χ4v) is 1.65. The third kappa shape index (κ3) is 8.44. The number of carbonyl (C=O) groups is 1. The lowest BCUT2D eigenvalue weighted by Gasteiger charge is -2.30. The van der Waals surface area contributed by atoms with Gasteiger partial charge in [0.05, 0.1) is 6.54 Å². The zero-order valence-corrected chi connectivity index (χ0v) is 12.3. The van der Waals surface area contributed by atoms with Crippen LogP contribution in [0.15, 0.2) is 0 Å². The summed E-state index contributed by atoms with van der Waals surface area (Å²) in [6, 6.07) is 0. The molecule has 0 aliphatic heterocycles. The van der Waals surface area contributed by atoms with Crippen LogP contribution in [0, 0.1) is 5.41 Å². The lowest BCUT2D eigenvalue weighted by molar-refractivity contribution is -0.122. The van der Waals surface area contributed by atoms with E-state index in [1.54, 1.807) is 7.11 Å². The highest BCUT2D eigenvalue weighted by Crippen LogP contribution is 2.14. The number of hydrogen-bond acceptors (Lipinski definition) is 4. The molecule has 0 unspecified atom stereocenters. The Bertz CT molecular complexity index is 232. The average molecular weight is 259 g/mol. The van der Waals surface area contributed by atoms with Crippen LogP contribution in [0.1, 0.15) is 27.2 Å². The molecule has 0 aromatic heterocycles. The van der Waals surface area contributed by atoms with Crippen molar-refractivity contribution >= 4 is 5.91 Å². The lowest BCUT2D eigenvalue weighted by Crippen LogP contribution is -2.44. The second-order valence-corrected chi connectivity index (χ2v) is 5.37. The fourth-order valence-electron chi connectivity index (χ4n) is 1.65. The van der Waals surface area contributed by atoms with Crippen LogP contribution in [0.2, 0.25) is 0 Å². The standard InChI is InChI=1S/C13H29N3O2/c1-5-16(11-13(2,3)10-14)9-12(17)15-7-6-8-18-4/h5-11,14H2,1-4H3,(H,15,17). The van der Waals surface area contributed by atoms with Gasteiger partial charge in [-0.25, -0.2) is 0 Å². The molecule has 0 heterocycles. The maximum atomic E-state index is 11.7. The minimum absolute atomic E-state index is 0.0480. The van der Waals surface area contributed by atoms with Crippen LogP contribution < -0.4 is 11.1 Å². The molecule has 5 nitrogen and oxygen atoms in total. The van der Waals surface area contributed by atoms with Gasteiger partial charge < -0.3 is 15.8 Å². The molecule has 1 amide bonds. The SMILES string of the molecule is CCN(CC(=O)NCCCOC)CC(C)(C)CN. The Morgan fingerprint density at radius 2 is 2.11 bits per heavy atom. The number of amides is 1. The van der Waals surface area contributed by atoms with E-state index < -0.39 is 0 Å². The summed E-state index contributed by atoms with van der Waals surface area (Å²) in [5.74, 6) is 0.0702. The summed E-state index contributed by atoms with van der Waals surface area (Å²) < 4.78 is 4.93. The number of ether oxygens (including phenoxy) is 1. The number of likely N-dealkylation sites (N-methyl/N-ethyl adjacent to an activating group) is 1. The molecule has 0 rings (SSSR count). The highest BCUT2D eigenvalue weighted by Gasteiger charge is 2.20. The number of carbonyl (C=O) groups excluding carboxylic acids is 1. The van der Waals surface area contributed by atoms with Gasteiger partial charge in [0.25, 0.3) is 0 Å². The van der Waals surface area contributed by atoms with Gasteiger partial charge in [-0.2, -0.15) is 0 Å². The number of hydrogen-bond donors (Lipinski definition) is 2. The maximum absolute atomic E-state index is 11.7. The summed E-state index contributed by atoms with van der Waals surface area (Å²) in [5.41, 5.74) is 5.76. The highest BCUT2D eigenvalue weighted by atomic mass is 16.5. The van der Waals surface area contributed by atoms with E-state index in [0.717, 1.165) is 19.5 Å². The molecule has 0 saturated heterocycles. The van der Waals surface area contributed by atoms with Gasteiger partial charge in [0, 0.05) is 26.8 Å². The molecule has 0 aromatic carbocycles. The number of methoxy groups -OCH3 is 1. The van der Waals surface area contributed by atoms with Gasteiger partial charge in [0.1, 0.15) is 0 Å². The van der Waals surface area contributed by atoms with Crippen molar-refractivity contribution in [2.45, 2.75) is 27.2 Å². The number of nitrogens with two attached hydrogens (primary N) is 1. The molecule has 0 fully saturated rings. The van der Waals surface area contributed by atoms with Gasteiger partial charge in [0.2, 0.25) is 5.91 Å². The molecule has 108 valence electrons. The normalized spacial score (nSPS) is 11.9. The van der Waals surface area contributed by atoms with E-state index in [-0.39, 0.29) is 11.3 Å². The quantitative estimate of drug-likeness (QED) is 0.559. The van der Waals surface area contributed by atoms with Crippen LogP contribution in [0.4, 0.5) is 0 Å². The van der Waals surface area contributed by atoms with Crippen LogP contribution in [-0.2, 0) is 9.53 Å². The number of nitrogens with zero attached hydrogens (tertiary/aromatic N) is 1. The Balaban J connectivity index is 3.93. The molecular formula is C13H29N3O2. The second kappa shape index (κ2) is 9.30. The average Bonchev–Trinajstić information content (AvgIpc) is 2.33. The van der Waals surface area contributed by atoms with Gasteiger partial charge in [-0.3, -0.25) is 9.69 Å². The van der Waals surface area contributed by atoms with Crippen molar-refractivity contribution in [3.63, 3.8) is 0 Å². The summed E-state index contributed by atoms with van der Waals surface area (Å²) in [4.78, 5) is 13.8. The molecular weight excluding hydrogens is 230 g/mol. The fraction of sp³-hybridized carbons (Fsp3) is 0.923. The first-order valence-corrected chi connectivity index (χ1v) is 6.63. The molecule has 18 heavy (non-hydrogen) atoms. The minimum Gasteiger partial charge on any atom is -0.385 e. The van der Waals surface area contributed by atoms with E-state index in [4.69, 9.17) is 10.5 Å². The first-order chi connectivity index (χ1) is 8.45. The van der Waals surface area contributed by atoms with Crippen LogP contribution in [0.3, 0.4) is 0 Å². The summed E-state index contributed by atoms with van der Waals surface area (Å²) in [7, 11) is 1.66. The van der Waals surface area contributed by atoms with E-state index in [1.165, 1.54) is 0 Å². The minimum atomic E-state index is 0.0480. The third-order valence-electron chi connectivity index (χ3n) is 2.87. The van der Waals surface area contributed by atoms with Crippen molar-refractivity contribution in [3.05, 3.63) is 0 Å². The molecule has 5 heteroatoms. The van der Waals surface area contributed by atoms with E-state index >= 15 is 0 Å². The largest absolute Gasteiger partial charge is 0.385 e. The Kier molecular flexibility index (Phi) is 8.97. The molecule has 0 radical (unpaired) electrons. The van der Waals surface area contributed by atoms with E-state index in [9.17, 15) is 4.79 Å². The molecule has 0 spiro atoms. The van der Waals surface area contributed by atoms with Crippen molar-refractivity contribution in [1.29, 1.82) is 0 Å². The van der Waals surface area contributed by atoms with Crippen LogP contribution in [0.25, 0.3) is 0 Å². The Morgan fingerprint density at radius 3 is 2.61 bits per heavy atom. The molecule has 0 aromatic rings. The molecule has 0 saturated carbocycles. The lowest BCUT2D eigenvalue weighted by atomic mass is 9.93. The van der Waals surface area contributed by atoms with Gasteiger partial charge >= 0.3 is 0 Å². The van der Waals surface area contributed by atoms with Crippen LogP contribution in [0.5, 0.6) is 0 Å². The van der Waals surface area contributed by atoms with E-state index in [0.29, 0.717) is 26.2 Å². The first-order valence-electron chi connectivity index (χ1n) is 6.63. The Morgan fingerprint density at radius 1 is 1.44 bits per heavy atom. The predicted molar refractivity (Wildman–Crippen MR) is 74.5 cm³/mol. The monoisotopic (exact) mass is 259 g/mol. The molecule has 0 atom stereocenters. The van der Waals surface area contributed by atoms with E-state index in [1.807, 2.05) is 0 Å². The van der Waals surface area contributed by atoms with Crippen molar-refractivity contribution < 1.29 is 9.53 Å². The van der Waals surface area contributed by atoms with Crippen molar-refractivity contribution in [2.24, 2.45) is 11.1 Å². The highest BCUT2D eigenvalue weighted by molar-refractivity contribution is 5.77. The maximum Gasteiger partial charge on any atom is 0.234 e. The Labute approximate surface area is 111 Å². The topological polar surface area (TPSA) is 67.6 Å². The zero-order chi connectivity index (χ0) is 14.0. The smallest absolute Gasteiger partial charge is 0.234 e. The van der Waals surface area contributed by atoms with Gasteiger partial charge in [0.15, 0.2) is 0 Å². The molecule has 0 aliphatic rings. The van der Waals surface area contributed by atoms with E-state index in [2.05, 4.69) is 31.0 Å². The van der Waals surface area contributed by atoms with Gasteiger partial charge in [-0.05, 0) is 24.9 Å². The number of rotatable bonds is 10. The predicted octanol–water partition coefficient (Wildman–Crippen LogP) is 0.446. The number of nitrogens with one attached hydrogen (secondary N) is 1. The first kappa shape index (κ1) is 17.4. The summed E-state index contributed by atoms with van der Waals surface area (Å²) in [6.45, 7) is 10.4. The van der Waals surface area contributed by atoms with Gasteiger partial charge in [-0.1, -0.05) is 20.8 Å². The van der Waals surface area contributed by atoms with Crippen molar-refractivity contribution in [3.8, 4) is 0 Å².